The van der Waals surface area contributed by atoms with Crippen LogP contribution in [-0.4, -0.2) is 11.9 Å². The Kier molecular flexibility index (Phi) is 1.90. The minimum absolute atomic E-state index is 0.0891. The smallest absolute Gasteiger partial charge is 0.240 e. The number of rotatable bonds is 2. The van der Waals surface area contributed by atoms with Crippen LogP contribution in [0.1, 0.15) is 33.1 Å². The molecule has 3 nitrogen and oxygen atoms in total. The fourth-order valence-corrected chi connectivity index (χ4v) is 3.90. The molecule has 3 fully saturated rings. The molecule has 3 saturated carbocycles. The van der Waals surface area contributed by atoms with E-state index in [0.717, 1.165) is 23.7 Å². The number of carbonyl (C=O) groups is 1. The van der Waals surface area contributed by atoms with Crippen molar-refractivity contribution in [3.8, 4) is 6.07 Å². The summed E-state index contributed by atoms with van der Waals surface area (Å²) in [7, 11) is 0. The fourth-order valence-electron chi connectivity index (χ4n) is 3.90. The Labute approximate surface area is 96.2 Å². The zero-order valence-electron chi connectivity index (χ0n) is 9.86. The summed E-state index contributed by atoms with van der Waals surface area (Å²) in [6.07, 6.45) is 4.11. The highest BCUT2D eigenvalue weighted by atomic mass is 16.2. The zero-order valence-corrected chi connectivity index (χ0v) is 9.86. The quantitative estimate of drug-likeness (QED) is 0.767. The van der Waals surface area contributed by atoms with E-state index in [-0.39, 0.29) is 5.91 Å². The average Bonchev–Trinajstić information content (AvgIpc) is 2.68. The molecule has 16 heavy (non-hydrogen) atoms. The second kappa shape index (κ2) is 3.00. The summed E-state index contributed by atoms with van der Waals surface area (Å²) < 4.78 is 0. The Morgan fingerprint density at radius 2 is 1.88 bits per heavy atom. The first kappa shape index (κ1) is 10.1. The number of carbonyl (C=O) groups excluding carboxylic acids is 1. The molecule has 0 aliphatic heterocycles. The van der Waals surface area contributed by atoms with E-state index in [2.05, 4.69) is 11.4 Å². The summed E-state index contributed by atoms with van der Waals surface area (Å²) >= 11 is 0. The largest absolute Gasteiger partial charge is 0.351 e. The molecular weight excluding hydrogens is 200 g/mol. The van der Waals surface area contributed by atoms with Crippen molar-refractivity contribution in [1.82, 2.24) is 5.32 Å². The van der Waals surface area contributed by atoms with Crippen molar-refractivity contribution >= 4 is 5.91 Å². The van der Waals surface area contributed by atoms with Gasteiger partial charge in [0.25, 0.3) is 0 Å². The Bertz CT molecular complexity index is 366. The molecule has 1 amide bonds. The maximum absolute atomic E-state index is 11.9. The number of hydrogen-bond acceptors (Lipinski definition) is 2. The molecule has 0 saturated heterocycles. The molecule has 0 aromatic heterocycles. The lowest BCUT2D eigenvalue weighted by atomic mass is 9.94. The third kappa shape index (κ3) is 1.22. The number of nitriles is 1. The van der Waals surface area contributed by atoms with Gasteiger partial charge >= 0.3 is 0 Å². The second-order valence-corrected chi connectivity index (χ2v) is 6.22. The minimum Gasteiger partial charge on any atom is -0.351 e. The van der Waals surface area contributed by atoms with Crippen molar-refractivity contribution < 1.29 is 4.79 Å². The Hall–Kier alpha value is -1.04. The summed E-state index contributed by atoms with van der Waals surface area (Å²) in [5.74, 6) is 3.14. The van der Waals surface area contributed by atoms with Gasteiger partial charge in [-0.05, 0) is 56.8 Å². The molecule has 0 heterocycles. The van der Waals surface area contributed by atoms with Gasteiger partial charge in [-0.2, -0.15) is 5.26 Å². The summed E-state index contributed by atoms with van der Waals surface area (Å²) in [6.45, 7) is 3.38. The molecule has 86 valence electrons. The molecule has 1 N–H and O–H groups in total. The highest BCUT2D eigenvalue weighted by Crippen LogP contribution is 2.65. The standard InChI is InChI=1S/C13H18N2O/c1-13(2,6-14)12(16)15-11-9-7-3-4-8(5-7)10(9)11/h7-11H,3-5H2,1-2H3,(H,15,16). The molecule has 3 rings (SSSR count). The zero-order chi connectivity index (χ0) is 11.5. The van der Waals surface area contributed by atoms with Crippen LogP contribution in [0.2, 0.25) is 0 Å². The monoisotopic (exact) mass is 218 g/mol. The van der Waals surface area contributed by atoms with Gasteiger partial charge in [0.1, 0.15) is 5.41 Å². The van der Waals surface area contributed by atoms with Crippen LogP contribution in [0.4, 0.5) is 0 Å². The molecular formula is C13H18N2O. The molecule has 0 spiro atoms. The van der Waals surface area contributed by atoms with Crippen molar-refractivity contribution in [2.45, 2.75) is 39.2 Å². The van der Waals surface area contributed by atoms with Crippen LogP contribution in [0.25, 0.3) is 0 Å². The number of fused-ring (bicyclic) bond motifs is 5. The van der Waals surface area contributed by atoms with Gasteiger partial charge in [0.05, 0.1) is 6.07 Å². The SMILES string of the molecule is CC(C)(C#N)C(=O)NC1C2C3CCC(C3)C12. The minimum atomic E-state index is -0.879. The third-order valence-corrected chi connectivity index (χ3v) is 4.88. The van der Waals surface area contributed by atoms with Crippen LogP contribution in [0, 0.1) is 40.4 Å². The maximum atomic E-state index is 11.9. The maximum Gasteiger partial charge on any atom is 0.240 e. The summed E-state index contributed by atoms with van der Waals surface area (Å²) in [5.41, 5.74) is -0.879. The van der Waals surface area contributed by atoms with Crippen LogP contribution in [0.15, 0.2) is 0 Å². The second-order valence-electron chi connectivity index (χ2n) is 6.22. The van der Waals surface area contributed by atoms with Crippen molar-refractivity contribution in [3.05, 3.63) is 0 Å². The van der Waals surface area contributed by atoms with E-state index in [9.17, 15) is 4.79 Å². The van der Waals surface area contributed by atoms with Crippen LogP contribution in [0.3, 0.4) is 0 Å². The van der Waals surface area contributed by atoms with E-state index in [1.807, 2.05) is 0 Å². The van der Waals surface area contributed by atoms with Gasteiger partial charge < -0.3 is 5.32 Å². The molecule has 4 unspecified atom stereocenters. The van der Waals surface area contributed by atoms with E-state index >= 15 is 0 Å². The van der Waals surface area contributed by atoms with Crippen LogP contribution in [-0.2, 0) is 4.79 Å². The molecule has 2 bridgehead atoms. The van der Waals surface area contributed by atoms with Gasteiger partial charge in [-0.1, -0.05) is 0 Å². The van der Waals surface area contributed by atoms with Gasteiger partial charge in [0.15, 0.2) is 0 Å². The molecule has 0 aromatic carbocycles. The van der Waals surface area contributed by atoms with Gasteiger partial charge in [-0.3, -0.25) is 4.79 Å². The summed E-state index contributed by atoms with van der Waals surface area (Å²) in [5, 5.41) is 12.0. The molecule has 0 radical (unpaired) electrons. The highest BCUT2D eigenvalue weighted by Gasteiger charge is 2.65. The Balaban J connectivity index is 1.63. The van der Waals surface area contributed by atoms with Gasteiger partial charge in [-0.25, -0.2) is 0 Å². The Morgan fingerprint density at radius 1 is 1.31 bits per heavy atom. The van der Waals surface area contributed by atoms with E-state index < -0.39 is 5.41 Å². The third-order valence-electron chi connectivity index (χ3n) is 4.88. The predicted octanol–water partition coefficient (Wildman–Crippen LogP) is 1.70. The topological polar surface area (TPSA) is 52.9 Å². The fraction of sp³-hybridized carbons (Fsp3) is 0.846. The lowest BCUT2D eigenvalue weighted by molar-refractivity contribution is -0.127. The van der Waals surface area contributed by atoms with E-state index in [4.69, 9.17) is 5.26 Å². The number of amides is 1. The normalized spacial score (nSPS) is 43.7. The van der Waals surface area contributed by atoms with Gasteiger partial charge in [-0.15, -0.1) is 0 Å². The Morgan fingerprint density at radius 3 is 2.38 bits per heavy atom. The van der Waals surface area contributed by atoms with Crippen LogP contribution < -0.4 is 5.32 Å². The van der Waals surface area contributed by atoms with Gasteiger partial charge in [0.2, 0.25) is 5.91 Å². The first-order valence-corrected chi connectivity index (χ1v) is 6.27. The van der Waals surface area contributed by atoms with E-state index in [1.165, 1.54) is 19.3 Å². The summed E-state index contributed by atoms with van der Waals surface area (Å²) in [6, 6.07) is 2.46. The number of hydrogen-bond donors (Lipinski definition) is 1. The van der Waals surface area contributed by atoms with Crippen molar-refractivity contribution in [2.75, 3.05) is 0 Å². The molecule has 3 aliphatic rings. The molecule has 3 aliphatic carbocycles. The molecule has 3 heteroatoms. The number of nitrogens with zero attached hydrogens (tertiary/aromatic N) is 1. The highest BCUT2D eigenvalue weighted by molar-refractivity contribution is 5.85. The molecule has 4 atom stereocenters. The van der Waals surface area contributed by atoms with Crippen molar-refractivity contribution in [2.24, 2.45) is 29.1 Å². The lowest BCUT2D eigenvalue weighted by Gasteiger charge is -2.17. The first-order chi connectivity index (χ1) is 7.54. The lowest BCUT2D eigenvalue weighted by Crippen LogP contribution is -2.39. The van der Waals surface area contributed by atoms with Crippen molar-refractivity contribution in [3.63, 3.8) is 0 Å². The van der Waals surface area contributed by atoms with E-state index in [1.54, 1.807) is 13.8 Å². The van der Waals surface area contributed by atoms with Crippen LogP contribution >= 0.6 is 0 Å². The van der Waals surface area contributed by atoms with Crippen LogP contribution in [0.5, 0.6) is 0 Å². The first-order valence-electron chi connectivity index (χ1n) is 6.27. The summed E-state index contributed by atoms with van der Waals surface area (Å²) in [4.78, 5) is 11.9. The predicted molar refractivity (Wildman–Crippen MR) is 59.1 cm³/mol. The van der Waals surface area contributed by atoms with Crippen molar-refractivity contribution in [1.29, 1.82) is 5.26 Å². The van der Waals surface area contributed by atoms with Gasteiger partial charge in [0, 0.05) is 6.04 Å². The van der Waals surface area contributed by atoms with E-state index in [0.29, 0.717) is 6.04 Å². The number of nitrogens with one attached hydrogen (secondary N) is 1. The molecule has 0 aromatic rings. The average molecular weight is 218 g/mol.